The predicted molar refractivity (Wildman–Crippen MR) is 61.6 cm³/mol. The Morgan fingerprint density at radius 1 is 1.24 bits per heavy atom. The van der Waals surface area contributed by atoms with Gasteiger partial charge in [0.1, 0.15) is 0 Å². The van der Waals surface area contributed by atoms with Gasteiger partial charge in [-0.25, -0.2) is 0 Å². The van der Waals surface area contributed by atoms with Crippen molar-refractivity contribution in [2.75, 3.05) is 0 Å². The molecule has 0 fully saturated rings. The number of benzene rings is 1. The third-order valence-corrected chi connectivity index (χ3v) is 2.96. The van der Waals surface area contributed by atoms with Gasteiger partial charge in [0.15, 0.2) is 5.82 Å². The van der Waals surface area contributed by atoms with E-state index in [0.29, 0.717) is 24.8 Å². The Labute approximate surface area is 99.2 Å². The van der Waals surface area contributed by atoms with Crippen molar-refractivity contribution in [1.82, 2.24) is 15.0 Å². The van der Waals surface area contributed by atoms with Gasteiger partial charge in [0.25, 0.3) is 0 Å². The quantitative estimate of drug-likeness (QED) is 0.853. The van der Waals surface area contributed by atoms with Crippen molar-refractivity contribution in [2.45, 2.75) is 26.2 Å². The first kappa shape index (κ1) is 10.4. The maximum atomic E-state index is 5.43. The maximum Gasteiger partial charge on any atom is 0.240 e. The van der Waals surface area contributed by atoms with Crippen molar-refractivity contribution in [3.8, 4) is 0 Å². The molecule has 0 radical (unpaired) electrons. The summed E-state index contributed by atoms with van der Waals surface area (Å²) in [6.45, 7) is 2.90. The average Bonchev–Trinajstić information content (AvgIpc) is 2.94. The van der Waals surface area contributed by atoms with Gasteiger partial charge in [-0.3, -0.25) is 4.90 Å². The van der Waals surface area contributed by atoms with E-state index >= 15 is 0 Å². The van der Waals surface area contributed by atoms with E-state index in [1.165, 1.54) is 11.1 Å². The number of nitrogens with zero attached hydrogens (tertiary/aromatic N) is 3. The Morgan fingerprint density at radius 3 is 2.53 bits per heavy atom. The van der Waals surface area contributed by atoms with E-state index in [2.05, 4.69) is 39.3 Å². The lowest BCUT2D eigenvalue weighted by Crippen LogP contribution is -2.16. The SMILES string of the molecule is NCc1nc(CN2Cc3ccccc3C2)no1. The molecule has 0 bridgehead atoms. The summed E-state index contributed by atoms with van der Waals surface area (Å²) in [7, 11) is 0. The molecular formula is C12H14N4O. The second-order valence-electron chi connectivity index (χ2n) is 4.22. The molecule has 2 heterocycles. The Balaban J connectivity index is 1.69. The highest BCUT2D eigenvalue weighted by Gasteiger charge is 2.19. The minimum absolute atomic E-state index is 0.299. The summed E-state index contributed by atoms with van der Waals surface area (Å²) in [5.74, 6) is 1.20. The molecule has 0 unspecified atom stereocenters. The third-order valence-electron chi connectivity index (χ3n) is 2.96. The van der Waals surface area contributed by atoms with E-state index in [4.69, 9.17) is 10.3 Å². The Kier molecular flexibility index (Phi) is 2.62. The molecule has 0 atom stereocenters. The second kappa shape index (κ2) is 4.27. The summed E-state index contributed by atoms with van der Waals surface area (Å²) in [6, 6.07) is 8.47. The summed E-state index contributed by atoms with van der Waals surface area (Å²) in [6.07, 6.45) is 0. The number of hydrogen-bond donors (Lipinski definition) is 1. The van der Waals surface area contributed by atoms with E-state index in [1.54, 1.807) is 0 Å². The minimum Gasteiger partial charge on any atom is -0.338 e. The van der Waals surface area contributed by atoms with Gasteiger partial charge >= 0.3 is 0 Å². The molecule has 1 aromatic heterocycles. The Hall–Kier alpha value is -1.72. The fourth-order valence-electron chi connectivity index (χ4n) is 2.15. The average molecular weight is 230 g/mol. The van der Waals surface area contributed by atoms with Crippen LogP contribution in [0.5, 0.6) is 0 Å². The normalized spacial score (nSPS) is 15.1. The highest BCUT2D eigenvalue weighted by atomic mass is 16.5. The molecule has 2 aromatic rings. The molecule has 0 amide bonds. The highest BCUT2D eigenvalue weighted by Crippen LogP contribution is 2.23. The van der Waals surface area contributed by atoms with Crippen molar-refractivity contribution >= 4 is 0 Å². The van der Waals surface area contributed by atoms with Crippen LogP contribution >= 0.6 is 0 Å². The monoisotopic (exact) mass is 230 g/mol. The van der Waals surface area contributed by atoms with Crippen molar-refractivity contribution < 1.29 is 4.52 Å². The van der Waals surface area contributed by atoms with Crippen LogP contribution in [0.15, 0.2) is 28.8 Å². The van der Waals surface area contributed by atoms with E-state index < -0.39 is 0 Å². The number of nitrogens with two attached hydrogens (primary N) is 1. The zero-order chi connectivity index (χ0) is 11.7. The first-order chi connectivity index (χ1) is 8.35. The van der Waals surface area contributed by atoms with Gasteiger partial charge in [-0.15, -0.1) is 0 Å². The van der Waals surface area contributed by atoms with Crippen LogP contribution in [-0.4, -0.2) is 15.0 Å². The van der Waals surface area contributed by atoms with Gasteiger partial charge in [0.05, 0.1) is 13.1 Å². The van der Waals surface area contributed by atoms with E-state index in [0.717, 1.165) is 13.1 Å². The summed E-state index contributed by atoms with van der Waals surface area (Å²) in [5, 5.41) is 3.91. The van der Waals surface area contributed by atoms with Crippen LogP contribution in [0.25, 0.3) is 0 Å². The van der Waals surface area contributed by atoms with Crippen LogP contribution in [-0.2, 0) is 26.2 Å². The summed E-state index contributed by atoms with van der Waals surface area (Å²) < 4.78 is 4.99. The van der Waals surface area contributed by atoms with Crippen LogP contribution in [0.3, 0.4) is 0 Å². The summed E-state index contributed by atoms with van der Waals surface area (Å²) >= 11 is 0. The fraction of sp³-hybridized carbons (Fsp3) is 0.333. The zero-order valence-corrected chi connectivity index (χ0v) is 9.47. The number of hydrogen-bond acceptors (Lipinski definition) is 5. The molecule has 88 valence electrons. The third kappa shape index (κ3) is 2.07. The molecule has 0 saturated carbocycles. The number of aromatic nitrogens is 2. The molecule has 2 N–H and O–H groups in total. The van der Waals surface area contributed by atoms with Crippen LogP contribution in [0, 0.1) is 0 Å². The van der Waals surface area contributed by atoms with Gasteiger partial charge in [-0.2, -0.15) is 4.98 Å². The van der Waals surface area contributed by atoms with Gasteiger partial charge in [0.2, 0.25) is 5.89 Å². The molecule has 5 heteroatoms. The molecule has 0 spiro atoms. The topological polar surface area (TPSA) is 68.2 Å². The number of fused-ring (bicyclic) bond motifs is 1. The smallest absolute Gasteiger partial charge is 0.240 e. The van der Waals surface area contributed by atoms with Crippen molar-refractivity contribution in [3.63, 3.8) is 0 Å². The van der Waals surface area contributed by atoms with Gasteiger partial charge < -0.3 is 10.3 Å². The van der Waals surface area contributed by atoms with Crippen LogP contribution < -0.4 is 5.73 Å². The highest BCUT2D eigenvalue weighted by molar-refractivity contribution is 5.30. The van der Waals surface area contributed by atoms with E-state index in [9.17, 15) is 0 Å². The second-order valence-corrected chi connectivity index (χ2v) is 4.22. The van der Waals surface area contributed by atoms with Crippen molar-refractivity contribution in [2.24, 2.45) is 5.73 Å². The molecule has 0 aliphatic carbocycles. The van der Waals surface area contributed by atoms with Crippen LogP contribution in [0.4, 0.5) is 0 Å². The summed E-state index contributed by atoms with van der Waals surface area (Å²) in [4.78, 5) is 6.50. The molecule has 3 rings (SSSR count). The molecule has 17 heavy (non-hydrogen) atoms. The fourth-order valence-corrected chi connectivity index (χ4v) is 2.15. The lowest BCUT2D eigenvalue weighted by molar-refractivity contribution is 0.262. The predicted octanol–water partition coefficient (Wildman–Crippen LogP) is 1.04. The Bertz CT molecular complexity index is 498. The van der Waals surface area contributed by atoms with Gasteiger partial charge in [-0.05, 0) is 11.1 Å². The molecule has 0 saturated heterocycles. The largest absolute Gasteiger partial charge is 0.338 e. The van der Waals surface area contributed by atoms with E-state index in [-0.39, 0.29) is 0 Å². The van der Waals surface area contributed by atoms with Gasteiger partial charge in [0, 0.05) is 13.1 Å². The molecule has 1 aliphatic heterocycles. The van der Waals surface area contributed by atoms with Crippen LogP contribution in [0.1, 0.15) is 22.8 Å². The molecule has 1 aromatic carbocycles. The van der Waals surface area contributed by atoms with Crippen molar-refractivity contribution in [3.05, 3.63) is 47.1 Å². The maximum absolute atomic E-state index is 5.43. The minimum atomic E-state index is 0.299. The van der Waals surface area contributed by atoms with Gasteiger partial charge in [-0.1, -0.05) is 29.4 Å². The first-order valence-corrected chi connectivity index (χ1v) is 5.66. The summed E-state index contributed by atoms with van der Waals surface area (Å²) in [5.41, 5.74) is 8.20. The Morgan fingerprint density at radius 2 is 1.94 bits per heavy atom. The first-order valence-electron chi connectivity index (χ1n) is 5.66. The molecular weight excluding hydrogens is 216 g/mol. The molecule has 1 aliphatic rings. The standard InChI is InChI=1S/C12H14N4O/c13-5-12-14-11(15-17-12)8-16-6-9-3-1-2-4-10(9)7-16/h1-4H,5-8,13H2. The molecule has 5 nitrogen and oxygen atoms in total. The number of rotatable bonds is 3. The van der Waals surface area contributed by atoms with Crippen LogP contribution in [0.2, 0.25) is 0 Å². The van der Waals surface area contributed by atoms with E-state index in [1.807, 2.05) is 0 Å². The van der Waals surface area contributed by atoms with Crippen molar-refractivity contribution in [1.29, 1.82) is 0 Å². The lowest BCUT2D eigenvalue weighted by Gasteiger charge is -2.10. The lowest BCUT2D eigenvalue weighted by atomic mass is 10.1. The zero-order valence-electron chi connectivity index (χ0n) is 9.47.